The van der Waals surface area contributed by atoms with E-state index in [1.165, 1.54) is 0 Å². The highest BCUT2D eigenvalue weighted by Crippen LogP contribution is 2.22. The summed E-state index contributed by atoms with van der Waals surface area (Å²) in [5.41, 5.74) is -1.08. The molecule has 17 heavy (non-hydrogen) atoms. The minimum atomic E-state index is -1.08. The van der Waals surface area contributed by atoms with Gasteiger partial charge < -0.3 is 10.4 Å². The number of anilines is 1. The number of fused-ring (bicyclic) bond motifs is 1. The Morgan fingerprint density at radius 1 is 1.35 bits per heavy atom. The minimum Gasteiger partial charge on any atom is -0.480 e. The lowest BCUT2D eigenvalue weighted by atomic mass is 10.1. The molecule has 5 heteroatoms. The Bertz CT molecular complexity index is 561. The molecule has 1 aromatic carbocycles. The van der Waals surface area contributed by atoms with Gasteiger partial charge in [-0.3, -0.25) is 0 Å². The van der Waals surface area contributed by atoms with E-state index in [1.54, 1.807) is 20.0 Å². The molecule has 0 aliphatic rings. The summed E-state index contributed by atoms with van der Waals surface area (Å²) in [4.78, 5) is 11.1. The van der Waals surface area contributed by atoms with Gasteiger partial charge in [0.1, 0.15) is 5.54 Å². The van der Waals surface area contributed by atoms with Crippen molar-refractivity contribution in [3.63, 3.8) is 0 Å². The SMILES string of the molecule is CC(C)(Nc1nncc2ccccc12)C(=O)O. The highest BCUT2D eigenvalue weighted by Gasteiger charge is 2.27. The number of rotatable bonds is 3. The second-order valence-electron chi connectivity index (χ2n) is 4.34. The van der Waals surface area contributed by atoms with Crippen molar-refractivity contribution in [3.8, 4) is 0 Å². The molecule has 0 saturated carbocycles. The molecule has 0 saturated heterocycles. The van der Waals surface area contributed by atoms with E-state index in [-0.39, 0.29) is 0 Å². The molecule has 0 unspecified atom stereocenters. The molecule has 2 N–H and O–H groups in total. The monoisotopic (exact) mass is 231 g/mol. The van der Waals surface area contributed by atoms with E-state index < -0.39 is 11.5 Å². The van der Waals surface area contributed by atoms with Crippen LogP contribution >= 0.6 is 0 Å². The molecule has 1 aromatic heterocycles. The third-order valence-corrected chi connectivity index (χ3v) is 2.54. The van der Waals surface area contributed by atoms with E-state index in [2.05, 4.69) is 15.5 Å². The Kier molecular flexibility index (Phi) is 2.67. The first-order chi connectivity index (χ1) is 8.00. The second kappa shape index (κ2) is 4.01. The average Bonchev–Trinajstić information content (AvgIpc) is 2.29. The molecule has 2 aromatic rings. The minimum absolute atomic E-state index is 0.482. The first-order valence-electron chi connectivity index (χ1n) is 5.23. The van der Waals surface area contributed by atoms with Gasteiger partial charge in [0, 0.05) is 10.8 Å². The lowest BCUT2D eigenvalue weighted by Crippen LogP contribution is -2.40. The lowest BCUT2D eigenvalue weighted by molar-refractivity contribution is -0.141. The normalized spacial score (nSPS) is 11.4. The van der Waals surface area contributed by atoms with Gasteiger partial charge in [0.05, 0.1) is 6.20 Å². The Morgan fingerprint density at radius 2 is 2.06 bits per heavy atom. The van der Waals surface area contributed by atoms with Gasteiger partial charge in [0.15, 0.2) is 5.82 Å². The van der Waals surface area contributed by atoms with Crippen molar-refractivity contribution in [2.75, 3.05) is 5.32 Å². The van der Waals surface area contributed by atoms with Crippen LogP contribution in [0.25, 0.3) is 10.8 Å². The van der Waals surface area contributed by atoms with Crippen molar-refractivity contribution in [2.45, 2.75) is 19.4 Å². The topological polar surface area (TPSA) is 75.1 Å². The summed E-state index contributed by atoms with van der Waals surface area (Å²) in [6, 6.07) is 7.56. The highest BCUT2D eigenvalue weighted by atomic mass is 16.4. The van der Waals surface area contributed by atoms with Crippen molar-refractivity contribution >= 4 is 22.6 Å². The molecule has 0 spiro atoms. The van der Waals surface area contributed by atoms with Gasteiger partial charge in [0.25, 0.3) is 0 Å². The first kappa shape index (κ1) is 11.3. The van der Waals surface area contributed by atoms with Crippen LogP contribution in [-0.4, -0.2) is 26.8 Å². The third-order valence-electron chi connectivity index (χ3n) is 2.54. The molecule has 2 rings (SSSR count). The standard InChI is InChI=1S/C12H13N3O2/c1-12(2,11(16)17)14-10-9-6-4-3-5-8(9)7-13-15-10/h3-7H,1-2H3,(H,14,15)(H,16,17). The Balaban J connectivity index is 2.46. The molecule has 0 fully saturated rings. The number of nitrogens with zero attached hydrogens (tertiary/aromatic N) is 2. The van der Waals surface area contributed by atoms with Crippen molar-refractivity contribution in [1.82, 2.24) is 10.2 Å². The largest absolute Gasteiger partial charge is 0.480 e. The summed E-state index contributed by atoms with van der Waals surface area (Å²) in [7, 11) is 0. The van der Waals surface area contributed by atoms with Crippen molar-refractivity contribution in [3.05, 3.63) is 30.5 Å². The summed E-state index contributed by atoms with van der Waals surface area (Å²) in [6.45, 7) is 3.16. The number of carboxylic acid groups (broad SMARTS) is 1. The Labute approximate surface area is 98.5 Å². The molecule has 0 radical (unpaired) electrons. The number of hydrogen-bond donors (Lipinski definition) is 2. The molecule has 1 heterocycles. The average molecular weight is 231 g/mol. The molecule has 0 aliphatic heterocycles. The summed E-state index contributed by atoms with van der Waals surface area (Å²) in [6.07, 6.45) is 1.65. The van der Waals surface area contributed by atoms with Crippen LogP contribution in [0.5, 0.6) is 0 Å². The van der Waals surface area contributed by atoms with E-state index in [1.807, 2.05) is 24.3 Å². The lowest BCUT2D eigenvalue weighted by Gasteiger charge is -2.22. The number of hydrogen-bond acceptors (Lipinski definition) is 4. The molecule has 0 bridgehead atoms. The molecule has 0 amide bonds. The van der Waals surface area contributed by atoms with Gasteiger partial charge in [0.2, 0.25) is 0 Å². The number of benzene rings is 1. The summed E-state index contributed by atoms with van der Waals surface area (Å²) < 4.78 is 0. The van der Waals surface area contributed by atoms with E-state index in [0.717, 1.165) is 10.8 Å². The van der Waals surface area contributed by atoms with Gasteiger partial charge in [-0.05, 0) is 13.8 Å². The molecular weight excluding hydrogens is 218 g/mol. The van der Waals surface area contributed by atoms with E-state index in [4.69, 9.17) is 5.11 Å². The van der Waals surface area contributed by atoms with Crippen LogP contribution in [0.4, 0.5) is 5.82 Å². The quantitative estimate of drug-likeness (QED) is 0.843. The third kappa shape index (κ3) is 2.18. The zero-order valence-electron chi connectivity index (χ0n) is 9.64. The van der Waals surface area contributed by atoms with E-state index in [0.29, 0.717) is 5.82 Å². The predicted octanol–water partition coefficient (Wildman–Crippen LogP) is 1.90. The van der Waals surface area contributed by atoms with E-state index >= 15 is 0 Å². The van der Waals surface area contributed by atoms with Crippen LogP contribution < -0.4 is 5.32 Å². The summed E-state index contributed by atoms with van der Waals surface area (Å²) >= 11 is 0. The van der Waals surface area contributed by atoms with Crippen LogP contribution in [0.2, 0.25) is 0 Å². The maximum atomic E-state index is 11.1. The van der Waals surface area contributed by atoms with Crippen LogP contribution in [0.3, 0.4) is 0 Å². The zero-order valence-corrected chi connectivity index (χ0v) is 9.64. The van der Waals surface area contributed by atoms with Gasteiger partial charge >= 0.3 is 5.97 Å². The molecule has 88 valence electrons. The van der Waals surface area contributed by atoms with Crippen molar-refractivity contribution in [1.29, 1.82) is 0 Å². The molecule has 0 atom stereocenters. The fourth-order valence-electron chi connectivity index (χ4n) is 1.47. The zero-order chi connectivity index (χ0) is 12.5. The Hall–Kier alpha value is -2.17. The van der Waals surface area contributed by atoms with Gasteiger partial charge in [-0.1, -0.05) is 24.3 Å². The van der Waals surface area contributed by atoms with Gasteiger partial charge in [-0.25, -0.2) is 4.79 Å². The first-order valence-corrected chi connectivity index (χ1v) is 5.23. The predicted molar refractivity (Wildman–Crippen MR) is 64.9 cm³/mol. The fourth-order valence-corrected chi connectivity index (χ4v) is 1.47. The second-order valence-corrected chi connectivity index (χ2v) is 4.34. The number of aromatic nitrogens is 2. The van der Waals surface area contributed by atoms with Crippen LogP contribution in [0.1, 0.15) is 13.8 Å². The number of carboxylic acids is 1. The van der Waals surface area contributed by atoms with Crippen molar-refractivity contribution in [2.24, 2.45) is 0 Å². The Morgan fingerprint density at radius 3 is 2.76 bits per heavy atom. The van der Waals surface area contributed by atoms with Gasteiger partial charge in [-0.2, -0.15) is 5.10 Å². The molecule has 5 nitrogen and oxygen atoms in total. The van der Waals surface area contributed by atoms with Crippen LogP contribution in [-0.2, 0) is 4.79 Å². The number of aliphatic carboxylic acids is 1. The molecular formula is C12H13N3O2. The summed E-state index contributed by atoms with van der Waals surface area (Å²) in [5.74, 6) is -0.456. The molecule has 0 aliphatic carbocycles. The number of nitrogens with one attached hydrogen (secondary N) is 1. The smallest absolute Gasteiger partial charge is 0.328 e. The maximum absolute atomic E-state index is 11.1. The van der Waals surface area contributed by atoms with Gasteiger partial charge in [-0.15, -0.1) is 5.10 Å². The van der Waals surface area contributed by atoms with Crippen LogP contribution in [0, 0.1) is 0 Å². The van der Waals surface area contributed by atoms with Crippen molar-refractivity contribution < 1.29 is 9.90 Å². The fraction of sp³-hybridized carbons (Fsp3) is 0.250. The summed E-state index contributed by atoms with van der Waals surface area (Å²) in [5, 5.41) is 21.5. The van der Waals surface area contributed by atoms with Crippen LogP contribution in [0.15, 0.2) is 30.5 Å². The number of carbonyl (C=O) groups is 1. The van der Waals surface area contributed by atoms with E-state index in [9.17, 15) is 4.79 Å². The highest BCUT2D eigenvalue weighted by molar-refractivity contribution is 5.93. The maximum Gasteiger partial charge on any atom is 0.328 e.